The standard InChI is InChI=1S/C16H25FN4O/c1-6-12-14(17)15(19-10-18-12)20(5)8-11-7-13(22)21(9-11)16(2,3)4/h10-11H,6-9H2,1-5H3. The highest BCUT2D eigenvalue weighted by Gasteiger charge is 2.36. The van der Waals surface area contributed by atoms with E-state index in [2.05, 4.69) is 9.97 Å². The molecule has 0 aliphatic carbocycles. The molecule has 0 bridgehead atoms. The lowest BCUT2D eigenvalue weighted by Crippen LogP contribution is -2.42. The van der Waals surface area contributed by atoms with Gasteiger partial charge < -0.3 is 9.80 Å². The molecule has 1 aliphatic heterocycles. The topological polar surface area (TPSA) is 49.3 Å². The number of aryl methyl sites for hydroxylation is 1. The molecule has 2 heterocycles. The number of anilines is 1. The molecule has 0 radical (unpaired) electrons. The van der Waals surface area contributed by atoms with Gasteiger partial charge in [-0.1, -0.05) is 6.92 Å². The lowest BCUT2D eigenvalue weighted by atomic mass is 10.1. The first-order valence-electron chi connectivity index (χ1n) is 7.75. The number of rotatable bonds is 4. The summed E-state index contributed by atoms with van der Waals surface area (Å²) in [7, 11) is 1.81. The lowest BCUT2D eigenvalue weighted by Gasteiger charge is -2.32. The molecule has 6 heteroatoms. The molecular formula is C16H25FN4O. The van der Waals surface area contributed by atoms with Crippen molar-refractivity contribution in [3.63, 3.8) is 0 Å². The summed E-state index contributed by atoms with van der Waals surface area (Å²) >= 11 is 0. The fraction of sp³-hybridized carbons (Fsp3) is 0.688. The average molecular weight is 308 g/mol. The molecular weight excluding hydrogens is 283 g/mol. The first kappa shape index (κ1) is 16.6. The minimum absolute atomic E-state index is 0.167. The molecule has 5 nitrogen and oxygen atoms in total. The summed E-state index contributed by atoms with van der Waals surface area (Å²) in [5, 5.41) is 0. The van der Waals surface area contributed by atoms with Crippen LogP contribution in [-0.2, 0) is 11.2 Å². The van der Waals surface area contributed by atoms with Gasteiger partial charge in [0.25, 0.3) is 0 Å². The van der Waals surface area contributed by atoms with E-state index in [1.165, 1.54) is 6.33 Å². The molecule has 1 amide bonds. The van der Waals surface area contributed by atoms with E-state index in [0.29, 0.717) is 37.4 Å². The van der Waals surface area contributed by atoms with Crippen LogP contribution in [0.1, 0.15) is 39.8 Å². The quantitative estimate of drug-likeness (QED) is 0.856. The Kier molecular flexibility index (Phi) is 4.68. The average Bonchev–Trinajstić information content (AvgIpc) is 2.79. The molecule has 0 N–H and O–H groups in total. The van der Waals surface area contributed by atoms with E-state index < -0.39 is 0 Å². The number of hydrogen-bond donors (Lipinski definition) is 0. The van der Waals surface area contributed by atoms with Gasteiger partial charge in [0.2, 0.25) is 5.91 Å². The number of aromatic nitrogens is 2. The van der Waals surface area contributed by atoms with Crippen molar-refractivity contribution in [2.75, 3.05) is 25.0 Å². The molecule has 1 fully saturated rings. The van der Waals surface area contributed by atoms with Gasteiger partial charge in [-0.3, -0.25) is 4.79 Å². The molecule has 0 saturated carbocycles. The van der Waals surface area contributed by atoms with E-state index in [1.54, 1.807) is 4.90 Å². The van der Waals surface area contributed by atoms with Gasteiger partial charge in [-0.25, -0.2) is 14.4 Å². The van der Waals surface area contributed by atoms with Crippen LogP contribution >= 0.6 is 0 Å². The predicted octanol–water partition coefficient (Wildman–Crippen LogP) is 2.26. The van der Waals surface area contributed by atoms with Crippen LogP contribution in [0.4, 0.5) is 10.2 Å². The van der Waals surface area contributed by atoms with Crippen molar-refractivity contribution >= 4 is 11.7 Å². The molecule has 1 saturated heterocycles. The molecule has 1 unspecified atom stereocenters. The minimum Gasteiger partial charge on any atom is -0.357 e. The highest BCUT2D eigenvalue weighted by Crippen LogP contribution is 2.27. The van der Waals surface area contributed by atoms with Gasteiger partial charge >= 0.3 is 0 Å². The maximum absolute atomic E-state index is 14.3. The van der Waals surface area contributed by atoms with Crippen LogP contribution in [0, 0.1) is 11.7 Å². The number of nitrogens with zero attached hydrogens (tertiary/aromatic N) is 4. The van der Waals surface area contributed by atoms with E-state index in [-0.39, 0.29) is 23.2 Å². The van der Waals surface area contributed by atoms with Crippen molar-refractivity contribution in [1.82, 2.24) is 14.9 Å². The van der Waals surface area contributed by atoms with E-state index in [4.69, 9.17) is 0 Å². The molecule has 2 rings (SSSR count). The SMILES string of the molecule is CCc1ncnc(N(C)CC2CC(=O)N(C(C)(C)C)C2)c1F. The van der Waals surface area contributed by atoms with Gasteiger partial charge in [0.15, 0.2) is 11.6 Å². The van der Waals surface area contributed by atoms with Crippen LogP contribution in [0.25, 0.3) is 0 Å². The summed E-state index contributed by atoms with van der Waals surface area (Å²) < 4.78 is 14.3. The Hall–Kier alpha value is -1.72. The van der Waals surface area contributed by atoms with Crippen molar-refractivity contribution in [2.45, 2.75) is 46.1 Å². The second-order valence-corrected chi connectivity index (χ2v) is 6.94. The highest BCUT2D eigenvalue weighted by atomic mass is 19.1. The Bertz CT molecular complexity index is 556. The molecule has 1 aromatic heterocycles. The second kappa shape index (κ2) is 6.18. The summed E-state index contributed by atoms with van der Waals surface area (Å²) in [6.45, 7) is 9.29. The Morgan fingerprint density at radius 3 is 2.64 bits per heavy atom. The largest absolute Gasteiger partial charge is 0.357 e. The van der Waals surface area contributed by atoms with Gasteiger partial charge in [0, 0.05) is 38.0 Å². The highest BCUT2D eigenvalue weighted by molar-refractivity contribution is 5.79. The van der Waals surface area contributed by atoms with Gasteiger partial charge in [0.1, 0.15) is 6.33 Å². The summed E-state index contributed by atoms with van der Waals surface area (Å²) in [6, 6.07) is 0. The fourth-order valence-electron chi connectivity index (χ4n) is 2.93. The zero-order valence-corrected chi connectivity index (χ0v) is 14.1. The Morgan fingerprint density at radius 2 is 2.09 bits per heavy atom. The normalized spacial score (nSPS) is 18.9. The minimum atomic E-state index is -0.357. The third-order valence-electron chi connectivity index (χ3n) is 4.09. The van der Waals surface area contributed by atoms with Crippen molar-refractivity contribution < 1.29 is 9.18 Å². The number of carbonyl (C=O) groups is 1. The number of amides is 1. The summed E-state index contributed by atoms with van der Waals surface area (Å²) in [5.41, 5.74) is 0.260. The van der Waals surface area contributed by atoms with Gasteiger partial charge in [-0.15, -0.1) is 0 Å². The van der Waals surface area contributed by atoms with Crippen molar-refractivity contribution in [3.05, 3.63) is 17.8 Å². The van der Waals surface area contributed by atoms with Crippen LogP contribution in [0.3, 0.4) is 0 Å². The predicted molar refractivity (Wildman–Crippen MR) is 84.2 cm³/mol. The van der Waals surface area contributed by atoms with Gasteiger partial charge in [-0.05, 0) is 27.2 Å². The van der Waals surface area contributed by atoms with Gasteiger partial charge in [-0.2, -0.15) is 0 Å². The second-order valence-electron chi connectivity index (χ2n) is 6.94. The van der Waals surface area contributed by atoms with Crippen LogP contribution in [-0.4, -0.2) is 46.5 Å². The molecule has 1 atom stereocenters. The molecule has 1 aromatic rings. The van der Waals surface area contributed by atoms with E-state index in [0.717, 1.165) is 0 Å². The Balaban J connectivity index is 2.08. The maximum atomic E-state index is 14.3. The fourth-order valence-corrected chi connectivity index (χ4v) is 2.93. The third kappa shape index (κ3) is 3.36. The number of likely N-dealkylation sites (tertiary alicyclic amines) is 1. The number of carbonyl (C=O) groups excluding carboxylic acids is 1. The van der Waals surface area contributed by atoms with Crippen molar-refractivity contribution in [1.29, 1.82) is 0 Å². The summed E-state index contributed by atoms with van der Waals surface area (Å²) in [6.07, 6.45) is 2.44. The van der Waals surface area contributed by atoms with Crippen LogP contribution in [0.5, 0.6) is 0 Å². The van der Waals surface area contributed by atoms with Crippen molar-refractivity contribution in [2.24, 2.45) is 5.92 Å². The lowest BCUT2D eigenvalue weighted by molar-refractivity contribution is -0.131. The Morgan fingerprint density at radius 1 is 1.41 bits per heavy atom. The molecule has 122 valence electrons. The van der Waals surface area contributed by atoms with Crippen LogP contribution in [0.15, 0.2) is 6.33 Å². The van der Waals surface area contributed by atoms with E-state index in [9.17, 15) is 9.18 Å². The summed E-state index contributed by atoms with van der Waals surface area (Å²) in [5.74, 6) is 0.317. The van der Waals surface area contributed by atoms with E-state index >= 15 is 0 Å². The van der Waals surface area contributed by atoms with E-state index in [1.807, 2.05) is 39.6 Å². The molecule has 22 heavy (non-hydrogen) atoms. The third-order valence-corrected chi connectivity index (χ3v) is 4.09. The first-order chi connectivity index (χ1) is 10.2. The molecule has 1 aliphatic rings. The first-order valence-corrected chi connectivity index (χ1v) is 7.75. The molecule has 0 spiro atoms. The monoisotopic (exact) mass is 308 g/mol. The van der Waals surface area contributed by atoms with Crippen molar-refractivity contribution in [3.8, 4) is 0 Å². The van der Waals surface area contributed by atoms with Gasteiger partial charge in [0.05, 0.1) is 5.69 Å². The summed E-state index contributed by atoms with van der Waals surface area (Å²) in [4.78, 5) is 23.8. The number of halogens is 1. The zero-order chi connectivity index (χ0) is 16.5. The van der Waals surface area contributed by atoms with Crippen LogP contribution in [0.2, 0.25) is 0 Å². The molecule has 0 aromatic carbocycles. The number of hydrogen-bond acceptors (Lipinski definition) is 4. The zero-order valence-electron chi connectivity index (χ0n) is 14.1. The smallest absolute Gasteiger partial charge is 0.223 e. The maximum Gasteiger partial charge on any atom is 0.223 e. The van der Waals surface area contributed by atoms with Crippen LogP contribution < -0.4 is 4.90 Å². The Labute approximate surface area is 131 Å².